The molecule has 29 heavy (non-hydrogen) atoms. The highest BCUT2D eigenvalue weighted by Gasteiger charge is 2.24. The summed E-state index contributed by atoms with van der Waals surface area (Å²) in [6, 6.07) is 21.0. The third kappa shape index (κ3) is 4.64. The van der Waals surface area contributed by atoms with Gasteiger partial charge in [-0.2, -0.15) is 0 Å². The zero-order valence-electron chi connectivity index (χ0n) is 16.9. The minimum atomic E-state index is 0.533. The Kier molecular flexibility index (Phi) is 5.88. The van der Waals surface area contributed by atoms with E-state index in [1.807, 2.05) is 13.0 Å². The smallest absolute Gasteiger partial charge is 0.136 e. The van der Waals surface area contributed by atoms with Crippen LogP contribution in [0, 0.1) is 19.3 Å². The lowest BCUT2D eigenvalue weighted by Crippen LogP contribution is -2.34. The fraction of sp³-hybridized carbons (Fsp3) is 0.280. The van der Waals surface area contributed by atoms with Gasteiger partial charge in [-0.05, 0) is 24.5 Å². The molecule has 0 spiro atoms. The summed E-state index contributed by atoms with van der Waals surface area (Å²) in [5.74, 6) is 4.60. The largest absolute Gasteiger partial charge is 0.341 e. The molecule has 3 aromatic rings. The van der Waals surface area contributed by atoms with E-state index in [-0.39, 0.29) is 0 Å². The van der Waals surface area contributed by atoms with Gasteiger partial charge in [0.25, 0.3) is 0 Å². The van der Waals surface area contributed by atoms with E-state index in [0.717, 1.165) is 49.9 Å². The molecule has 0 atom stereocenters. The van der Waals surface area contributed by atoms with Crippen LogP contribution in [0.25, 0.3) is 0 Å². The molecule has 0 radical (unpaired) electrons. The van der Waals surface area contributed by atoms with Gasteiger partial charge in [-0.15, -0.1) is 6.42 Å². The van der Waals surface area contributed by atoms with Gasteiger partial charge in [0.1, 0.15) is 11.6 Å². The van der Waals surface area contributed by atoms with Crippen molar-refractivity contribution in [2.75, 3.05) is 18.0 Å². The molecule has 1 aromatic heterocycles. The number of benzene rings is 2. The van der Waals surface area contributed by atoms with Crippen LogP contribution in [0.2, 0.25) is 0 Å². The monoisotopic (exact) mass is 382 g/mol. The average Bonchev–Trinajstić information content (AvgIpc) is 2.74. The van der Waals surface area contributed by atoms with Gasteiger partial charge in [0.15, 0.2) is 0 Å². The summed E-state index contributed by atoms with van der Waals surface area (Å²) in [6.07, 6.45) is 6.64. The molecule has 0 N–H and O–H groups in total. The molecule has 0 fully saturated rings. The van der Waals surface area contributed by atoms with Crippen LogP contribution in [0.1, 0.15) is 28.2 Å². The summed E-state index contributed by atoms with van der Waals surface area (Å²) in [7, 11) is 0. The van der Waals surface area contributed by atoms with E-state index in [2.05, 4.69) is 70.3 Å². The van der Waals surface area contributed by atoms with E-state index in [1.54, 1.807) is 0 Å². The second-order valence-corrected chi connectivity index (χ2v) is 7.51. The highest BCUT2D eigenvalue weighted by atomic mass is 15.2. The molecule has 0 saturated carbocycles. The van der Waals surface area contributed by atoms with E-state index in [9.17, 15) is 0 Å². The summed E-state index contributed by atoms with van der Waals surface area (Å²) in [6.45, 7) is 6.03. The first kappa shape index (κ1) is 19.2. The van der Waals surface area contributed by atoms with Crippen LogP contribution < -0.4 is 4.90 Å². The Morgan fingerprint density at radius 3 is 2.38 bits per heavy atom. The predicted octanol–water partition coefficient (Wildman–Crippen LogP) is 3.98. The van der Waals surface area contributed by atoms with Crippen LogP contribution >= 0.6 is 0 Å². The van der Waals surface area contributed by atoms with Crippen molar-refractivity contribution in [2.24, 2.45) is 0 Å². The number of anilines is 1. The zero-order chi connectivity index (χ0) is 20.1. The fourth-order valence-electron chi connectivity index (χ4n) is 3.94. The summed E-state index contributed by atoms with van der Waals surface area (Å²) < 4.78 is 0. The van der Waals surface area contributed by atoms with Crippen molar-refractivity contribution in [3.8, 4) is 12.3 Å². The van der Waals surface area contributed by atoms with Gasteiger partial charge >= 0.3 is 0 Å². The van der Waals surface area contributed by atoms with Crippen LogP contribution in [-0.2, 0) is 26.1 Å². The Bertz CT molecular complexity index is 993. The van der Waals surface area contributed by atoms with Gasteiger partial charge in [0.2, 0.25) is 0 Å². The highest BCUT2D eigenvalue weighted by Crippen LogP contribution is 2.28. The Morgan fingerprint density at radius 2 is 1.69 bits per heavy atom. The summed E-state index contributed by atoms with van der Waals surface area (Å²) in [5, 5.41) is 0. The molecule has 1 aliphatic rings. The fourth-order valence-corrected chi connectivity index (χ4v) is 3.94. The van der Waals surface area contributed by atoms with Crippen molar-refractivity contribution < 1.29 is 0 Å². The van der Waals surface area contributed by atoms with Gasteiger partial charge in [0, 0.05) is 31.7 Å². The lowest BCUT2D eigenvalue weighted by atomic mass is 10.0. The number of terminal acetylenes is 1. The maximum absolute atomic E-state index is 5.70. The Balaban J connectivity index is 1.60. The number of hydrogen-bond donors (Lipinski definition) is 0. The first-order valence-electron chi connectivity index (χ1n) is 10.1. The van der Waals surface area contributed by atoms with Crippen molar-refractivity contribution in [3.05, 3.63) is 88.9 Å². The molecule has 0 unspecified atom stereocenters. The first-order chi connectivity index (χ1) is 14.2. The first-order valence-corrected chi connectivity index (χ1v) is 10.1. The summed E-state index contributed by atoms with van der Waals surface area (Å²) in [5.41, 5.74) is 4.94. The second kappa shape index (κ2) is 8.89. The van der Waals surface area contributed by atoms with Gasteiger partial charge in [0.05, 0.1) is 12.2 Å². The zero-order valence-corrected chi connectivity index (χ0v) is 16.9. The number of hydrogen-bond acceptors (Lipinski definition) is 4. The molecule has 2 aromatic carbocycles. The maximum atomic E-state index is 5.70. The Labute approximate surface area is 173 Å². The molecule has 4 rings (SSSR count). The van der Waals surface area contributed by atoms with E-state index < -0.39 is 0 Å². The molecule has 4 heteroatoms. The lowest BCUT2D eigenvalue weighted by Gasteiger charge is -2.32. The molecule has 0 aliphatic carbocycles. The van der Waals surface area contributed by atoms with Gasteiger partial charge in [-0.25, -0.2) is 9.97 Å². The van der Waals surface area contributed by atoms with Crippen LogP contribution in [0.3, 0.4) is 0 Å². The SMILES string of the molecule is C#CCN(Cc1ccccc1)c1nc(C)nc2c1CCN(Cc1ccccc1)C2. The van der Waals surface area contributed by atoms with Crippen LogP contribution in [-0.4, -0.2) is 28.0 Å². The lowest BCUT2D eigenvalue weighted by molar-refractivity contribution is 0.241. The third-order valence-corrected chi connectivity index (χ3v) is 5.28. The minimum Gasteiger partial charge on any atom is -0.341 e. The number of aromatic nitrogens is 2. The van der Waals surface area contributed by atoms with Crippen molar-refractivity contribution in [2.45, 2.75) is 33.0 Å². The number of rotatable bonds is 6. The number of nitrogens with zero attached hydrogens (tertiary/aromatic N) is 4. The highest BCUT2D eigenvalue weighted by molar-refractivity contribution is 5.52. The molecular weight excluding hydrogens is 356 g/mol. The van der Waals surface area contributed by atoms with Gasteiger partial charge < -0.3 is 4.90 Å². The quantitative estimate of drug-likeness (QED) is 0.604. The van der Waals surface area contributed by atoms with E-state index >= 15 is 0 Å². The topological polar surface area (TPSA) is 32.3 Å². The summed E-state index contributed by atoms with van der Waals surface area (Å²) in [4.78, 5) is 14.3. The normalized spacial score (nSPS) is 13.5. The summed E-state index contributed by atoms with van der Waals surface area (Å²) >= 11 is 0. The van der Waals surface area contributed by atoms with Crippen molar-refractivity contribution >= 4 is 5.82 Å². The molecule has 0 amide bonds. The number of fused-ring (bicyclic) bond motifs is 1. The van der Waals surface area contributed by atoms with Crippen molar-refractivity contribution in [1.82, 2.24) is 14.9 Å². The van der Waals surface area contributed by atoms with Crippen LogP contribution in [0.15, 0.2) is 60.7 Å². The van der Waals surface area contributed by atoms with Crippen molar-refractivity contribution in [1.29, 1.82) is 0 Å². The van der Waals surface area contributed by atoms with Gasteiger partial charge in [-0.1, -0.05) is 66.6 Å². The number of aryl methyl sites for hydroxylation is 1. The molecule has 0 bridgehead atoms. The van der Waals surface area contributed by atoms with Gasteiger partial charge in [-0.3, -0.25) is 4.90 Å². The standard InChI is InChI=1S/C25H26N4/c1-3-15-29(18-22-12-8-5-9-13-22)25-23-14-16-28(17-21-10-6-4-7-11-21)19-24(23)26-20(2)27-25/h1,4-13H,14-19H2,2H3. The van der Waals surface area contributed by atoms with E-state index in [4.69, 9.17) is 16.4 Å². The molecule has 1 aliphatic heterocycles. The van der Waals surface area contributed by atoms with Crippen LogP contribution in [0.5, 0.6) is 0 Å². The Morgan fingerprint density at radius 1 is 1.00 bits per heavy atom. The maximum Gasteiger partial charge on any atom is 0.136 e. The third-order valence-electron chi connectivity index (χ3n) is 5.28. The van der Waals surface area contributed by atoms with E-state index in [0.29, 0.717) is 6.54 Å². The molecule has 2 heterocycles. The van der Waals surface area contributed by atoms with Crippen LogP contribution in [0.4, 0.5) is 5.82 Å². The van der Waals surface area contributed by atoms with Crippen molar-refractivity contribution in [3.63, 3.8) is 0 Å². The molecule has 146 valence electrons. The Hall–Kier alpha value is -3.16. The average molecular weight is 383 g/mol. The molecule has 0 saturated heterocycles. The predicted molar refractivity (Wildman–Crippen MR) is 117 cm³/mol. The minimum absolute atomic E-state index is 0.533. The van der Waals surface area contributed by atoms with E-state index in [1.165, 1.54) is 16.7 Å². The second-order valence-electron chi connectivity index (χ2n) is 7.51. The molecule has 4 nitrogen and oxygen atoms in total. The molecular formula is C25H26N4.